The van der Waals surface area contributed by atoms with Crippen LogP contribution in [0.4, 0.5) is 0 Å². The minimum absolute atomic E-state index is 0.0315. The molecule has 0 heterocycles. The lowest BCUT2D eigenvalue weighted by molar-refractivity contribution is 0.403. The summed E-state index contributed by atoms with van der Waals surface area (Å²) in [7, 11) is 0. The van der Waals surface area contributed by atoms with Gasteiger partial charge in [0.25, 0.3) is 0 Å². The molecule has 2 aromatic rings. The first kappa shape index (κ1) is 13.7. The fourth-order valence-corrected chi connectivity index (χ4v) is 4.18. The van der Waals surface area contributed by atoms with Crippen molar-refractivity contribution < 1.29 is 10.2 Å². The van der Waals surface area contributed by atoms with Gasteiger partial charge in [0.15, 0.2) is 11.5 Å². The zero-order valence-electron chi connectivity index (χ0n) is 12.9. The van der Waals surface area contributed by atoms with Gasteiger partial charge in [-0.15, -0.1) is 0 Å². The summed E-state index contributed by atoms with van der Waals surface area (Å²) in [5.74, 6) is 0.101. The Labute approximate surface area is 131 Å². The summed E-state index contributed by atoms with van der Waals surface area (Å²) in [4.78, 5) is 0. The van der Waals surface area contributed by atoms with E-state index in [0.717, 1.165) is 36.8 Å². The van der Waals surface area contributed by atoms with Crippen LogP contribution in [0.5, 0.6) is 11.5 Å². The highest BCUT2D eigenvalue weighted by molar-refractivity contribution is 5.81. The van der Waals surface area contributed by atoms with E-state index in [4.69, 9.17) is 0 Å². The zero-order valence-corrected chi connectivity index (χ0v) is 12.9. The molecule has 4 rings (SSSR count). The molecule has 0 aliphatic heterocycles. The van der Waals surface area contributed by atoms with Crippen LogP contribution in [0.2, 0.25) is 0 Å². The maximum atomic E-state index is 10.6. The molecule has 0 radical (unpaired) electrons. The molecule has 2 aliphatic rings. The number of phenolic OH excluding ortho intramolecular Hbond substituents is 2. The molecule has 0 bridgehead atoms. The van der Waals surface area contributed by atoms with Gasteiger partial charge in [0.2, 0.25) is 0 Å². The molecule has 0 aromatic heterocycles. The Balaban J connectivity index is 1.99. The Morgan fingerprint density at radius 3 is 2.23 bits per heavy atom. The van der Waals surface area contributed by atoms with Gasteiger partial charge in [-0.05, 0) is 85.3 Å². The van der Waals surface area contributed by atoms with Crippen molar-refractivity contribution in [2.45, 2.75) is 51.4 Å². The van der Waals surface area contributed by atoms with Crippen molar-refractivity contribution in [3.8, 4) is 22.6 Å². The van der Waals surface area contributed by atoms with E-state index < -0.39 is 0 Å². The van der Waals surface area contributed by atoms with Crippen LogP contribution in [0.3, 0.4) is 0 Å². The smallest absolute Gasteiger partial charge is 0.165 e. The molecule has 0 amide bonds. The van der Waals surface area contributed by atoms with Gasteiger partial charge in [0.05, 0.1) is 0 Å². The predicted octanol–water partition coefficient (Wildman–Crippen LogP) is 4.52. The summed E-state index contributed by atoms with van der Waals surface area (Å²) in [5, 5.41) is 20.7. The molecule has 0 spiro atoms. The third-order valence-electron chi connectivity index (χ3n) is 5.27. The summed E-state index contributed by atoms with van der Waals surface area (Å²) in [6, 6.07) is 8.19. The van der Waals surface area contributed by atoms with Crippen LogP contribution in [0.25, 0.3) is 11.1 Å². The van der Waals surface area contributed by atoms with E-state index in [0.29, 0.717) is 0 Å². The second kappa shape index (κ2) is 5.35. The molecule has 0 unspecified atom stereocenters. The Morgan fingerprint density at radius 1 is 0.727 bits per heavy atom. The van der Waals surface area contributed by atoms with E-state index >= 15 is 0 Å². The summed E-state index contributed by atoms with van der Waals surface area (Å²) in [6.07, 6.45) is 9.02. The van der Waals surface area contributed by atoms with Gasteiger partial charge in [-0.2, -0.15) is 0 Å². The summed E-state index contributed by atoms with van der Waals surface area (Å²) in [5.41, 5.74) is 7.29. The maximum absolute atomic E-state index is 10.6. The van der Waals surface area contributed by atoms with Crippen molar-refractivity contribution in [3.05, 3.63) is 46.5 Å². The fraction of sp³-hybridized carbons (Fsp3) is 0.400. The maximum Gasteiger partial charge on any atom is 0.165 e. The first-order chi connectivity index (χ1) is 10.8. The van der Waals surface area contributed by atoms with E-state index in [2.05, 4.69) is 18.2 Å². The molecule has 0 saturated carbocycles. The molecular weight excluding hydrogens is 272 g/mol. The lowest BCUT2D eigenvalue weighted by Gasteiger charge is -2.25. The normalized spacial score (nSPS) is 16.9. The van der Waals surface area contributed by atoms with Crippen molar-refractivity contribution >= 4 is 0 Å². The highest BCUT2D eigenvalue weighted by atomic mass is 16.3. The molecule has 2 aromatic carbocycles. The lowest BCUT2D eigenvalue weighted by atomic mass is 9.80. The third kappa shape index (κ3) is 2.09. The summed E-state index contributed by atoms with van der Waals surface area (Å²) >= 11 is 0. The number of hydrogen-bond acceptors (Lipinski definition) is 2. The number of aromatic hydroxyl groups is 2. The molecule has 2 nitrogen and oxygen atoms in total. The Bertz CT molecular complexity index is 731. The van der Waals surface area contributed by atoms with Gasteiger partial charge in [-0.25, -0.2) is 0 Å². The second-order valence-electron chi connectivity index (χ2n) is 6.61. The van der Waals surface area contributed by atoms with E-state index in [1.165, 1.54) is 47.9 Å². The molecular formula is C20H22O2. The van der Waals surface area contributed by atoms with Gasteiger partial charge in [-0.3, -0.25) is 0 Å². The van der Waals surface area contributed by atoms with Gasteiger partial charge >= 0.3 is 0 Å². The number of rotatable bonds is 1. The molecule has 0 atom stereocenters. The van der Waals surface area contributed by atoms with E-state index in [1.54, 1.807) is 6.07 Å². The highest BCUT2D eigenvalue weighted by Crippen LogP contribution is 2.45. The first-order valence-corrected chi connectivity index (χ1v) is 8.43. The van der Waals surface area contributed by atoms with E-state index in [1.807, 2.05) is 0 Å². The van der Waals surface area contributed by atoms with Crippen LogP contribution < -0.4 is 0 Å². The van der Waals surface area contributed by atoms with Gasteiger partial charge in [0, 0.05) is 5.56 Å². The fourth-order valence-electron chi connectivity index (χ4n) is 4.18. The van der Waals surface area contributed by atoms with Crippen molar-refractivity contribution in [1.29, 1.82) is 0 Å². The predicted molar refractivity (Wildman–Crippen MR) is 88.5 cm³/mol. The van der Waals surface area contributed by atoms with Crippen molar-refractivity contribution in [2.24, 2.45) is 0 Å². The average Bonchev–Trinajstić information content (AvgIpc) is 2.56. The van der Waals surface area contributed by atoms with Gasteiger partial charge in [-0.1, -0.05) is 18.2 Å². The van der Waals surface area contributed by atoms with Crippen LogP contribution in [0, 0.1) is 0 Å². The molecule has 0 fully saturated rings. The molecule has 2 N–H and O–H groups in total. The SMILES string of the molecule is Oc1cc2c(c(-c3cccc4c3CCCC4)c1O)CCCC2. The van der Waals surface area contributed by atoms with E-state index in [-0.39, 0.29) is 11.5 Å². The molecule has 22 heavy (non-hydrogen) atoms. The standard InChI is InChI=1S/C20H22O2/c21-18-12-14-7-2-4-10-16(14)19(20(18)22)17-11-5-8-13-6-1-3-9-15(13)17/h5,8,11-12,21-22H,1-4,6-7,9-10H2. The monoisotopic (exact) mass is 294 g/mol. The first-order valence-electron chi connectivity index (χ1n) is 8.43. The lowest BCUT2D eigenvalue weighted by Crippen LogP contribution is -2.08. The number of aryl methyl sites for hydroxylation is 2. The Kier molecular flexibility index (Phi) is 3.33. The minimum atomic E-state index is 0.0315. The van der Waals surface area contributed by atoms with Crippen molar-refractivity contribution in [2.75, 3.05) is 0 Å². The van der Waals surface area contributed by atoms with Crippen LogP contribution in [0.1, 0.15) is 47.9 Å². The zero-order chi connectivity index (χ0) is 15.1. The van der Waals surface area contributed by atoms with Gasteiger partial charge in [0.1, 0.15) is 0 Å². The van der Waals surface area contributed by atoms with Crippen molar-refractivity contribution in [1.82, 2.24) is 0 Å². The number of fused-ring (bicyclic) bond motifs is 2. The molecule has 0 saturated heterocycles. The molecule has 114 valence electrons. The van der Waals surface area contributed by atoms with Crippen LogP contribution in [-0.2, 0) is 25.7 Å². The van der Waals surface area contributed by atoms with E-state index in [9.17, 15) is 10.2 Å². The summed E-state index contributed by atoms with van der Waals surface area (Å²) in [6.45, 7) is 0. The summed E-state index contributed by atoms with van der Waals surface area (Å²) < 4.78 is 0. The number of phenols is 2. The third-order valence-corrected chi connectivity index (χ3v) is 5.27. The second-order valence-corrected chi connectivity index (χ2v) is 6.61. The minimum Gasteiger partial charge on any atom is -0.504 e. The van der Waals surface area contributed by atoms with Crippen molar-refractivity contribution in [3.63, 3.8) is 0 Å². The number of benzene rings is 2. The quantitative estimate of drug-likeness (QED) is 0.759. The topological polar surface area (TPSA) is 40.5 Å². The highest BCUT2D eigenvalue weighted by Gasteiger charge is 2.24. The van der Waals surface area contributed by atoms with Crippen LogP contribution in [0.15, 0.2) is 24.3 Å². The van der Waals surface area contributed by atoms with Gasteiger partial charge < -0.3 is 10.2 Å². The van der Waals surface area contributed by atoms with Crippen LogP contribution >= 0.6 is 0 Å². The Morgan fingerprint density at radius 2 is 1.41 bits per heavy atom. The largest absolute Gasteiger partial charge is 0.504 e. The van der Waals surface area contributed by atoms with Crippen LogP contribution in [-0.4, -0.2) is 10.2 Å². The number of hydrogen-bond donors (Lipinski definition) is 2. The Hall–Kier alpha value is -1.96. The molecule has 2 heteroatoms. The average molecular weight is 294 g/mol. The molecule has 2 aliphatic carbocycles.